The molecule has 182 valence electrons. The summed E-state index contributed by atoms with van der Waals surface area (Å²) < 4.78 is 27.5. The molecule has 0 aliphatic carbocycles. The Bertz CT molecular complexity index is 1210. The van der Waals surface area contributed by atoms with Crippen molar-refractivity contribution in [1.82, 2.24) is 0 Å². The van der Waals surface area contributed by atoms with Crippen LogP contribution in [0.4, 0.5) is 11.4 Å². The third kappa shape index (κ3) is 5.94. The SMILES string of the molecule is COc1ccccc1NC(=O)COc1ccc(C(=O)Nc2ccc3c(c2)OCCCO3)cc1OC. The van der Waals surface area contributed by atoms with Crippen molar-refractivity contribution < 1.29 is 33.3 Å². The van der Waals surface area contributed by atoms with E-state index in [-0.39, 0.29) is 18.4 Å². The molecule has 1 heterocycles. The summed E-state index contributed by atoms with van der Waals surface area (Å²) in [7, 11) is 2.99. The Morgan fingerprint density at radius 2 is 1.60 bits per heavy atom. The molecule has 0 radical (unpaired) electrons. The zero-order chi connectivity index (χ0) is 24.6. The summed E-state index contributed by atoms with van der Waals surface area (Å²) in [6.07, 6.45) is 0.798. The van der Waals surface area contributed by atoms with E-state index in [4.69, 9.17) is 23.7 Å². The Kier molecular flexibility index (Phi) is 7.57. The van der Waals surface area contributed by atoms with Gasteiger partial charge in [-0.3, -0.25) is 9.59 Å². The van der Waals surface area contributed by atoms with E-state index in [1.807, 2.05) is 6.07 Å². The predicted molar refractivity (Wildman–Crippen MR) is 130 cm³/mol. The Balaban J connectivity index is 1.39. The molecule has 3 aromatic carbocycles. The standard InChI is InChI=1S/C26H26N2O7/c1-31-20-7-4-3-6-19(20)28-25(29)16-35-21-10-8-17(14-23(21)32-2)26(30)27-18-9-11-22-24(15-18)34-13-5-12-33-22/h3-4,6-11,14-15H,5,12-13,16H2,1-2H3,(H,27,30)(H,28,29). The number of benzene rings is 3. The highest BCUT2D eigenvalue weighted by Gasteiger charge is 2.16. The molecule has 9 nitrogen and oxygen atoms in total. The average molecular weight is 479 g/mol. The highest BCUT2D eigenvalue weighted by atomic mass is 16.5. The third-order valence-electron chi connectivity index (χ3n) is 5.17. The van der Waals surface area contributed by atoms with Gasteiger partial charge in [0.25, 0.3) is 11.8 Å². The minimum atomic E-state index is -0.368. The number of ether oxygens (including phenoxy) is 5. The highest BCUT2D eigenvalue weighted by Crippen LogP contribution is 2.33. The first-order chi connectivity index (χ1) is 17.1. The van der Waals surface area contributed by atoms with E-state index >= 15 is 0 Å². The van der Waals surface area contributed by atoms with Crippen molar-refractivity contribution >= 4 is 23.2 Å². The molecule has 0 saturated heterocycles. The molecule has 0 bridgehead atoms. The van der Waals surface area contributed by atoms with Crippen LogP contribution in [0, 0.1) is 0 Å². The van der Waals surface area contributed by atoms with Gasteiger partial charge in [0.2, 0.25) is 0 Å². The van der Waals surface area contributed by atoms with Crippen LogP contribution in [0.2, 0.25) is 0 Å². The highest BCUT2D eigenvalue weighted by molar-refractivity contribution is 6.04. The van der Waals surface area contributed by atoms with Crippen LogP contribution in [0.5, 0.6) is 28.7 Å². The fourth-order valence-electron chi connectivity index (χ4n) is 3.45. The lowest BCUT2D eigenvalue weighted by molar-refractivity contribution is -0.118. The fraction of sp³-hybridized carbons (Fsp3) is 0.231. The first-order valence-corrected chi connectivity index (χ1v) is 11.0. The molecule has 1 aliphatic heterocycles. The first-order valence-electron chi connectivity index (χ1n) is 11.0. The number of carbonyl (C=O) groups is 2. The van der Waals surface area contributed by atoms with Gasteiger partial charge in [-0.25, -0.2) is 0 Å². The van der Waals surface area contributed by atoms with E-state index in [9.17, 15) is 9.59 Å². The molecule has 4 rings (SSSR count). The number of anilines is 2. The number of hydrogen-bond acceptors (Lipinski definition) is 7. The molecular weight excluding hydrogens is 452 g/mol. The number of carbonyl (C=O) groups excluding carboxylic acids is 2. The molecule has 2 amide bonds. The van der Waals surface area contributed by atoms with Crippen molar-refractivity contribution in [2.45, 2.75) is 6.42 Å². The fourth-order valence-corrected chi connectivity index (χ4v) is 3.45. The average Bonchev–Trinajstić information content (AvgIpc) is 3.12. The minimum Gasteiger partial charge on any atom is -0.495 e. The van der Waals surface area contributed by atoms with Crippen LogP contribution in [-0.2, 0) is 4.79 Å². The summed E-state index contributed by atoms with van der Waals surface area (Å²) in [6, 6.07) is 17.0. The van der Waals surface area contributed by atoms with Crippen LogP contribution in [0.25, 0.3) is 0 Å². The molecule has 0 unspecified atom stereocenters. The van der Waals surface area contributed by atoms with Crippen LogP contribution in [0.15, 0.2) is 60.7 Å². The Hall–Kier alpha value is -4.40. The second-order valence-electron chi connectivity index (χ2n) is 7.57. The van der Waals surface area contributed by atoms with E-state index in [1.165, 1.54) is 14.2 Å². The Labute approximate surface area is 202 Å². The maximum atomic E-state index is 12.8. The minimum absolute atomic E-state index is 0.253. The van der Waals surface area contributed by atoms with Gasteiger partial charge in [0.05, 0.1) is 33.1 Å². The maximum absolute atomic E-state index is 12.8. The van der Waals surface area contributed by atoms with Crippen LogP contribution >= 0.6 is 0 Å². The van der Waals surface area contributed by atoms with Crippen molar-refractivity contribution in [3.05, 3.63) is 66.2 Å². The zero-order valence-corrected chi connectivity index (χ0v) is 19.5. The van der Waals surface area contributed by atoms with Crippen LogP contribution in [0.1, 0.15) is 16.8 Å². The van der Waals surface area contributed by atoms with Crippen LogP contribution < -0.4 is 34.3 Å². The lowest BCUT2D eigenvalue weighted by atomic mass is 10.1. The molecular formula is C26H26N2O7. The first kappa shape index (κ1) is 23.7. The summed E-state index contributed by atoms with van der Waals surface area (Å²) in [5.41, 5.74) is 1.48. The van der Waals surface area contributed by atoms with Gasteiger partial charge in [0, 0.05) is 23.7 Å². The normalized spacial score (nSPS) is 12.2. The summed E-state index contributed by atoms with van der Waals surface area (Å²) in [4.78, 5) is 25.1. The molecule has 1 aliphatic rings. The molecule has 0 fully saturated rings. The van der Waals surface area contributed by atoms with Gasteiger partial charge in [0.15, 0.2) is 29.6 Å². The van der Waals surface area contributed by atoms with Crippen molar-refractivity contribution in [2.75, 3.05) is 44.7 Å². The number of amides is 2. The number of rotatable bonds is 8. The van der Waals surface area contributed by atoms with Crippen LogP contribution in [-0.4, -0.2) is 45.9 Å². The summed E-state index contributed by atoms with van der Waals surface area (Å²) >= 11 is 0. The van der Waals surface area contributed by atoms with E-state index < -0.39 is 0 Å². The van der Waals surface area contributed by atoms with Gasteiger partial charge in [-0.2, -0.15) is 0 Å². The molecule has 3 aromatic rings. The van der Waals surface area contributed by atoms with Gasteiger partial charge < -0.3 is 34.3 Å². The summed E-state index contributed by atoms with van der Waals surface area (Å²) in [5.74, 6) is 1.73. The number of para-hydroxylation sites is 2. The molecule has 0 aromatic heterocycles. The van der Waals surface area contributed by atoms with Crippen molar-refractivity contribution in [2.24, 2.45) is 0 Å². The molecule has 0 saturated carbocycles. The van der Waals surface area contributed by atoms with E-state index in [2.05, 4.69) is 10.6 Å². The molecule has 0 spiro atoms. The third-order valence-corrected chi connectivity index (χ3v) is 5.17. The predicted octanol–water partition coefficient (Wildman–Crippen LogP) is 4.13. The van der Waals surface area contributed by atoms with Crippen LogP contribution in [0.3, 0.4) is 0 Å². The quantitative estimate of drug-likeness (QED) is 0.502. The Morgan fingerprint density at radius 3 is 2.40 bits per heavy atom. The maximum Gasteiger partial charge on any atom is 0.262 e. The van der Waals surface area contributed by atoms with Gasteiger partial charge in [-0.1, -0.05) is 12.1 Å². The van der Waals surface area contributed by atoms with E-state index in [0.717, 1.165) is 6.42 Å². The zero-order valence-electron chi connectivity index (χ0n) is 19.5. The van der Waals surface area contributed by atoms with Gasteiger partial charge in [0.1, 0.15) is 5.75 Å². The monoisotopic (exact) mass is 478 g/mol. The van der Waals surface area contributed by atoms with Crippen molar-refractivity contribution in [3.8, 4) is 28.7 Å². The lowest BCUT2D eigenvalue weighted by Gasteiger charge is -2.14. The number of methoxy groups -OCH3 is 2. The summed E-state index contributed by atoms with van der Waals surface area (Å²) in [6.45, 7) is 0.895. The number of fused-ring (bicyclic) bond motifs is 1. The smallest absolute Gasteiger partial charge is 0.262 e. The second-order valence-corrected chi connectivity index (χ2v) is 7.57. The van der Waals surface area contributed by atoms with E-state index in [0.29, 0.717) is 58.9 Å². The summed E-state index contributed by atoms with van der Waals surface area (Å²) in [5, 5.41) is 5.58. The lowest BCUT2D eigenvalue weighted by Crippen LogP contribution is -2.20. The van der Waals surface area contributed by atoms with Gasteiger partial charge in [-0.15, -0.1) is 0 Å². The molecule has 9 heteroatoms. The van der Waals surface area contributed by atoms with Gasteiger partial charge >= 0.3 is 0 Å². The van der Waals surface area contributed by atoms with Gasteiger partial charge in [-0.05, 0) is 42.5 Å². The molecule has 2 N–H and O–H groups in total. The molecule has 0 atom stereocenters. The van der Waals surface area contributed by atoms with E-state index in [1.54, 1.807) is 54.6 Å². The van der Waals surface area contributed by atoms with Crippen molar-refractivity contribution in [3.63, 3.8) is 0 Å². The largest absolute Gasteiger partial charge is 0.495 e. The van der Waals surface area contributed by atoms with Crippen molar-refractivity contribution in [1.29, 1.82) is 0 Å². The Morgan fingerprint density at radius 1 is 0.829 bits per heavy atom. The number of nitrogens with one attached hydrogen (secondary N) is 2. The number of hydrogen-bond donors (Lipinski definition) is 2. The topological polar surface area (TPSA) is 104 Å². The second kappa shape index (κ2) is 11.1. The molecule has 35 heavy (non-hydrogen) atoms.